The van der Waals surface area contributed by atoms with E-state index in [9.17, 15) is 4.79 Å². The zero-order valence-electron chi connectivity index (χ0n) is 9.14. The Bertz CT molecular complexity index is 477. The monoisotopic (exact) mass is 330 g/mol. The number of halogens is 1. The molecule has 1 saturated heterocycles. The van der Waals surface area contributed by atoms with E-state index in [0.29, 0.717) is 5.75 Å². The molecule has 1 atom stereocenters. The molecule has 1 unspecified atom stereocenters. The van der Waals surface area contributed by atoms with Crippen LogP contribution in [0.4, 0.5) is 0 Å². The fourth-order valence-corrected chi connectivity index (χ4v) is 3.65. The molecule has 1 heterocycles. The summed E-state index contributed by atoms with van der Waals surface area (Å²) in [5, 5.41) is 0.130. The zero-order valence-corrected chi connectivity index (χ0v) is 12.4. The first kappa shape index (κ1) is 12.9. The van der Waals surface area contributed by atoms with E-state index < -0.39 is 4.87 Å². The average Bonchev–Trinajstić information content (AvgIpc) is 2.56. The number of rotatable bonds is 1. The number of carbonyl (C=O) groups excluding carboxylic acids is 1. The molecule has 2 N–H and O–H groups in total. The molecule has 6 heteroatoms. The highest BCUT2D eigenvalue weighted by Crippen LogP contribution is 2.44. The summed E-state index contributed by atoms with van der Waals surface area (Å²) in [4.78, 5) is 12.8. The minimum absolute atomic E-state index is 0.0343. The molecule has 1 aromatic rings. The van der Waals surface area contributed by atoms with Crippen LogP contribution in [0.2, 0.25) is 0 Å². The second kappa shape index (κ2) is 4.59. The minimum atomic E-state index is -0.496. The van der Waals surface area contributed by atoms with Crippen LogP contribution in [0.1, 0.15) is 12.5 Å². The van der Waals surface area contributed by atoms with Crippen molar-refractivity contribution in [2.75, 3.05) is 5.75 Å². The number of carbonyl (C=O) groups is 1. The number of hydrogen-bond donors (Lipinski definition) is 1. The van der Waals surface area contributed by atoms with Crippen LogP contribution >= 0.6 is 39.9 Å². The Morgan fingerprint density at radius 3 is 2.65 bits per heavy atom. The lowest BCUT2D eigenvalue weighted by atomic mass is 10.1. The predicted octanol–water partition coefficient (Wildman–Crippen LogP) is 2.44. The molecule has 2 rings (SSSR count). The van der Waals surface area contributed by atoms with Crippen LogP contribution in [0.5, 0.6) is 0 Å². The van der Waals surface area contributed by atoms with Gasteiger partial charge < -0.3 is 5.73 Å². The zero-order chi connectivity index (χ0) is 12.6. The maximum absolute atomic E-state index is 11.8. The number of nitrogens with zero attached hydrogens (tertiary/aromatic N) is 1. The fourth-order valence-electron chi connectivity index (χ4n) is 1.87. The smallest absolute Gasteiger partial charge is 0.240 e. The molecule has 0 aliphatic carbocycles. The Hall–Kier alpha value is -0.590. The SMILES string of the molecule is CC1(c2ccc(Br)cc2)SCC(=O)N1C(N)=S. The first-order chi connectivity index (χ1) is 7.95. The lowest BCUT2D eigenvalue weighted by molar-refractivity contribution is -0.125. The standard InChI is InChI=1S/C11H11BrN2OS2/c1-11(7-2-4-8(12)5-3-7)14(10(13)16)9(15)6-17-11/h2-5H,6H2,1H3,(H2,13,16). The van der Waals surface area contributed by atoms with E-state index in [-0.39, 0.29) is 11.0 Å². The molecule has 1 aliphatic heterocycles. The van der Waals surface area contributed by atoms with Gasteiger partial charge >= 0.3 is 0 Å². The first-order valence-electron chi connectivity index (χ1n) is 4.97. The van der Waals surface area contributed by atoms with E-state index in [2.05, 4.69) is 15.9 Å². The Kier molecular flexibility index (Phi) is 3.47. The van der Waals surface area contributed by atoms with Gasteiger partial charge in [0.05, 0.1) is 5.75 Å². The Labute approximate surface area is 118 Å². The molecule has 1 amide bonds. The van der Waals surface area contributed by atoms with Gasteiger partial charge in [0.1, 0.15) is 4.87 Å². The number of nitrogens with two attached hydrogens (primary N) is 1. The molecule has 0 saturated carbocycles. The van der Waals surface area contributed by atoms with Crippen molar-refractivity contribution in [2.24, 2.45) is 5.73 Å². The normalized spacial score (nSPS) is 24.1. The second-order valence-electron chi connectivity index (χ2n) is 3.85. The number of hydrogen-bond acceptors (Lipinski definition) is 3. The third-order valence-electron chi connectivity index (χ3n) is 2.75. The summed E-state index contributed by atoms with van der Waals surface area (Å²) in [5.41, 5.74) is 6.66. The van der Waals surface area contributed by atoms with Gasteiger partial charge in [-0.05, 0) is 36.8 Å². The van der Waals surface area contributed by atoms with Gasteiger partial charge in [-0.1, -0.05) is 28.1 Å². The molecule has 0 bridgehead atoms. The summed E-state index contributed by atoms with van der Waals surface area (Å²) in [6.45, 7) is 1.96. The van der Waals surface area contributed by atoms with Gasteiger partial charge in [-0.25, -0.2) is 0 Å². The molecule has 3 nitrogen and oxygen atoms in total. The van der Waals surface area contributed by atoms with Crippen molar-refractivity contribution in [1.29, 1.82) is 0 Å². The van der Waals surface area contributed by atoms with Crippen molar-refractivity contribution >= 4 is 50.9 Å². The van der Waals surface area contributed by atoms with Crippen molar-refractivity contribution in [3.05, 3.63) is 34.3 Å². The molecule has 1 fully saturated rings. The molecule has 0 radical (unpaired) electrons. The Morgan fingerprint density at radius 2 is 2.12 bits per heavy atom. The molecular weight excluding hydrogens is 320 g/mol. The quantitative estimate of drug-likeness (QED) is 0.803. The largest absolute Gasteiger partial charge is 0.376 e. The third-order valence-corrected chi connectivity index (χ3v) is 4.84. The van der Waals surface area contributed by atoms with Crippen molar-refractivity contribution in [3.8, 4) is 0 Å². The molecule has 1 aliphatic rings. The Morgan fingerprint density at radius 1 is 1.53 bits per heavy atom. The van der Waals surface area contributed by atoms with Crippen LogP contribution in [-0.4, -0.2) is 21.7 Å². The van der Waals surface area contributed by atoms with Gasteiger partial charge in [0, 0.05) is 4.47 Å². The van der Waals surface area contributed by atoms with E-state index in [1.54, 1.807) is 11.8 Å². The molecule has 1 aromatic carbocycles. The lowest BCUT2D eigenvalue weighted by Gasteiger charge is -2.33. The van der Waals surface area contributed by atoms with Gasteiger partial charge in [0.15, 0.2) is 5.11 Å². The highest BCUT2D eigenvalue weighted by Gasteiger charge is 2.45. The highest BCUT2D eigenvalue weighted by molar-refractivity contribution is 9.10. The van der Waals surface area contributed by atoms with E-state index in [1.807, 2.05) is 31.2 Å². The molecule has 0 aromatic heterocycles. The summed E-state index contributed by atoms with van der Waals surface area (Å²) < 4.78 is 1.00. The van der Waals surface area contributed by atoms with E-state index >= 15 is 0 Å². The fraction of sp³-hybridized carbons (Fsp3) is 0.273. The van der Waals surface area contributed by atoms with Crippen LogP contribution in [0.15, 0.2) is 28.7 Å². The van der Waals surface area contributed by atoms with Gasteiger partial charge in [-0.3, -0.25) is 9.69 Å². The van der Waals surface area contributed by atoms with E-state index in [1.165, 1.54) is 4.90 Å². The van der Waals surface area contributed by atoms with E-state index in [0.717, 1.165) is 10.0 Å². The van der Waals surface area contributed by atoms with Crippen LogP contribution < -0.4 is 5.73 Å². The first-order valence-corrected chi connectivity index (χ1v) is 7.16. The third kappa shape index (κ3) is 2.21. The Balaban J connectivity index is 2.44. The van der Waals surface area contributed by atoms with Gasteiger partial charge in [-0.2, -0.15) is 0 Å². The number of thioether (sulfide) groups is 1. The van der Waals surface area contributed by atoms with Crippen LogP contribution in [0.25, 0.3) is 0 Å². The predicted molar refractivity (Wildman–Crippen MR) is 77.6 cm³/mol. The average molecular weight is 331 g/mol. The van der Waals surface area contributed by atoms with Gasteiger partial charge in [0.2, 0.25) is 5.91 Å². The molecule has 17 heavy (non-hydrogen) atoms. The van der Waals surface area contributed by atoms with Crippen molar-refractivity contribution in [2.45, 2.75) is 11.8 Å². The maximum atomic E-state index is 11.8. The second-order valence-corrected chi connectivity index (χ2v) is 6.55. The summed E-state index contributed by atoms with van der Waals surface area (Å²) >= 11 is 9.90. The molecule has 0 spiro atoms. The minimum Gasteiger partial charge on any atom is -0.376 e. The van der Waals surface area contributed by atoms with Gasteiger partial charge in [0.25, 0.3) is 0 Å². The van der Waals surface area contributed by atoms with Crippen molar-refractivity contribution < 1.29 is 4.79 Å². The van der Waals surface area contributed by atoms with Crippen LogP contribution in [-0.2, 0) is 9.67 Å². The number of thiocarbonyl (C=S) groups is 1. The highest BCUT2D eigenvalue weighted by atomic mass is 79.9. The van der Waals surface area contributed by atoms with Crippen LogP contribution in [0, 0.1) is 0 Å². The summed E-state index contributed by atoms with van der Waals surface area (Å²) in [5.74, 6) is 0.372. The summed E-state index contributed by atoms with van der Waals surface area (Å²) in [7, 11) is 0. The number of amides is 1. The number of benzene rings is 1. The topological polar surface area (TPSA) is 46.3 Å². The van der Waals surface area contributed by atoms with Crippen molar-refractivity contribution in [3.63, 3.8) is 0 Å². The van der Waals surface area contributed by atoms with Crippen LogP contribution in [0.3, 0.4) is 0 Å². The molecular formula is C11H11BrN2OS2. The maximum Gasteiger partial charge on any atom is 0.240 e. The lowest BCUT2D eigenvalue weighted by Crippen LogP contribution is -2.47. The van der Waals surface area contributed by atoms with Crippen molar-refractivity contribution in [1.82, 2.24) is 4.90 Å². The summed E-state index contributed by atoms with van der Waals surface area (Å²) in [6.07, 6.45) is 0. The van der Waals surface area contributed by atoms with Gasteiger partial charge in [-0.15, -0.1) is 11.8 Å². The molecule has 90 valence electrons. The summed E-state index contributed by atoms with van der Waals surface area (Å²) in [6, 6.07) is 7.84. The van der Waals surface area contributed by atoms with E-state index in [4.69, 9.17) is 18.0 Å².